The number of halogens is 2. The third-order valence-corrected chi connectivity index (χ3v) is 3.41. The molecule has 2 N–H and O–H groups in total. The van der Waals surface area contributed by atoms with Crippen LogP contribution in [-0.2, 0) is 0 Å². The lowest BCUT2D eigenvalue weighted by Crippen LogP contribution is -2.14. The lowest BCUT2D eigenvalue weighted by atomic mass is 9.98. The Labute approximate surface area is 122 Å². The number of methoxy groups -OCH3 is 2. The maximum absolute atomic E-state index is 13.4. The first-order valence-corrected chi connectivity index (χ1v) is 6.37. The number of para-hydroxylation sites is 1. The summed E-state index contributed by atoms with van der Waals surface area (Å²) in [6, 6.07) is 8.86. The van der Waals surface area contributed by atoms with Gasteiger partial charge in [0.2, 0.25) is 0 Å². The van der Waals surface area contributed by atoms with Crippen LogP contribution in [0.1, 0.15) is 17.2 Å². The Morgan fingerprint density at radius 1 is 1.10 bits per heavy atom. The SMILES string of the molecule is COc1cccc(C(N)c2cc(F)ccc2Cl)c1OC. The second-order valence-electron chi connectivity index (χ2n) is 4.23. The number of rotatable bonds is 4. The molecule has 0 fully saturated rings. The highest BCUT2D eigenvalue weighted by Crippen LogP contribution is 2.37. The van der Waals surface area contributed by atoms with Crippen LogP contribution in [0.5, 0.6) is 11.5 Å². The molecule has 2 aromatic rings. The zero-order chi connectivity index (χ0) is 14.7. The quantitative estimate of drug-likeness (QED) is 0.938. The normalized spacial score (nSPS) is 12.1. The molecule has 3 nitrogen and oxygen atoms in total. The van der Waals surface area contributed by atoms with Crippen molar-refractivity contribution in [1.82, 2.24) is 0 Å². The first-order valence-electron chi connectivity index (χ1n) is 6.00. The molecule has 2 rings (SSSR count). The van der Waals surface area contributed by atoms with Gasteiger partial charge in [0.15, 0.2) is 11.5 Å². The smallest absolute Gasteiger partial charge is 0.165 e. The molecule has 0 aliphatic rings. The highest BCUT2D eigenvalue weighted by atomic mass is 35.5. The molecule has 0 heterocycles. The predicted octanol–water partition coefficient (Wildman–Crippen LogP) is 3.54. The lowest BCUT2D eigenvalue weighted by molar-refractivity contribution is 0.350. The molecule has 0 aromatic heterocycles. The molecule has 0 aliphatic carbocycles. The zero-order valence-electron chi connectivity index (χ0n) is 11.2. The third kappa shape index (κ3) is 2.71. The molecule has 1 atom stereocenters. The van der Waals surface area contributed by atoms with Gasteiger partial charge in [0.25, 0.3) is 0 Å². The van der Waals surface area contributed by atoms with Crippen molar-refractivity contribution in [3.8, 4) is 11.5 Å². The van der Waals surface area contributed by atoms with Gasteiger partial charge in [-0.25, -0.2) is 4.39 Å². The van der Waals surface area contributed by atoms with E-state index in [1.54, 1.807) is 25.3 Å². The van der Waals surface area contributed by atoms with E-state index in [0.29, 0.717) is 27.6 Å². The van der Waals surface area contributed by atoms with Crippen LogP contribution in [0.25, 0.3) is 0 Å². The zero-order valence-corrected chi connectivity index (χ0v) is 11.9. The van der Waals surface area contributed by atoms with Crippen LogP contribution >= 0.6 is 11.6 Å². The minimum Gasteiger partial charge on any atom is -0.493 e. The van der Waals surface area contributed by atoms with E-state index in [9.17, 15) is 4.39 Å². The fraction of sp³-hybridized carbons (Fsp3) is 0.200. The van der Waals surface area contributed by atoms with Crippen LogP contribution in [0.2, 0.25) is 5.02 Å². The summed E-state index contributed by atoms with van der Waals surface area (Å²) in [5.74, 6) is 0.692. The Balaban J connectivity index is 2.53. The van der Waals surface area contributed by atoms with Gasteiger partial charge in [-0.3, -0.25) is 0 Å². The van der Waals surface area contributed by atoms with Gasteiger partial charge in [0.1, 0.15) is 5.82 Å². The van der Waals surface area contributed by atoms with Gasteiger partial charge in [-0.15, -0.1) is 0 Å². The summed E-state index contributed by atoms with van der Waals surface area (Å²) in [7, 11) is 3.07. The van der Waals surface area contributed by atoms with E-state index in [-0.39, 0.29) is 5.82 Å². The first-order chi connectivity index (χ1) is 9.58. The summed E-state index contributed by atoms with van der Waals surface area (Å²) >= 11 is 6.09. The number of nitrogens with two attached hydrogens (primary N) is 1. The summed E-state index contributed by atoms with van der Waals surface area (Å²) in [4.78, 5) is 0. The highest BCUT2D eigenvalue weighted by Gasteiger charge is 2.19. The Hall–Kier alpha value is -1.78. The minimum atomic E-state index is -0.608. The Morgan fingerprint density at radius 3 is 2.50 bits per heavy atom. The molecule has 0 saturated carbocycles. The fourth-order valence-electron chi connectivity index (χ4n) is 2.08. The third-order valence-electron chi connectivity index (χ3n) is 3.06. The van der Waals surface area contributed by atoms with Crippen molar-refractivity contribution >= 4 is 11.6 Å². The average Bonchev–Trinajstić information content (AvgIpc) is 2.48. The number of ether oxygens (including phenoxy) is 2. The summed E-state index contributed by atoms with van der Waals surface area (Å²) in [5, 5.41) is 0.406. The van der Waals surface area contributed by atoms with Crippen molar-refractivity contribution in [2.24, 2.45) is 5.73 Å². The maximum atomic E-state index is 13.4. The topological polar surface area (TPSA) is 44.5 Å². The van der Waals surface area contributed by atoms with Crippen molar-refractivity contribution in [2.75, 3.05) is 14.2 Å². The lowest BCUT2D eigenvalue weighted by Gasteiger charge is -2.19. The Bertz CT molecular complexity index is 619. The first kappa shape index (κ1) is 14.6. The molecule has 0 radical (unpaired) electrons. The number of benzene rings is 2. The Kier molecular flexibility index (Phi) is 4.47. The molecule has 106 valence electrons. The van der Waals surface area contributed by atoms with E-state index in [4.69, 9.17) is 26.8 Å². The molecule has 5 heteroatoms. The van der Waals surface area contributed by atoms with E-state index in [2.05, 4.69) is 0 Å². The van der Waals surface area contributed by atoms with Gasteiger partial charge in [0, 0.05) is 10.6 Å². The van der Waals surface area contributed by atoms with Crippen molar-refractivity contribution in [3.05, 3.63) is 58.4 Å². The van der Waals surface area contributed by atoms with Crippen LogP contribution in [0.4, 0.5) is 4.39 Å². The summed E-state index contributed by atoms with van der Waals surface area (Å²) < 4.78 is 23.9. The molecular weight excluding hydrogens is 281 g/mol. The van der Waals surface area contributed by atoms with Crippen molar-refractivity contribution in [1.29, 1.82) is 0 Å². The largest absolute Gasteiger partial charge is 0.493 e. The maximum Gasteiger partial charge on any atom is 0.165 e. The van der Waals surface area contributed by atoms with Crippen LogP contribution in [0, 0.1) is 5.82 Å². The van der Waals surface area contributed by atoms with Gasteiger partial charge in [-0.2, -0.15) is 0 Å². The van der Waals surface area contributed by atoms with E-state index in [0.717, 1.165) is 0 Å². The fourth-order valence-corrected chi connectivity index (χ4v) is 2.31. The summed E-state index contributed by atoms with van der Waals surface area (Å²) in [6.45, 7) is 0. The highest BCUT2D eigenvalue weighted by molar-refractivity contribution is 6.31. The molecule has 0 spiro atoms. The van der Waals surface area contributed by atoms with Gasteiger partial charge in [0.05, 0.1) is 20.3 Å². The van der Waals surface area contributed by atoms with Gasteiger partial charge in [-0.1, -0.05) is 23.7 Å². The molecular formula is C15H15ClFNO2. The molecule has 2 aromatic carbocycles. The molecule has 1 unspecified atom stereocenters. The van der Waals surface area contributed by atoms with Crippen molar-refractivity contribution < 1.29 is 13.9 Å². The van der Waals surface area contributed by atoms with Crippen LogP contribution < -0.4 is 15.2 Å². The second-order valence-corrected chi connectivity index (χ2v) is 4.63. The van der Waals surface area contributed by atoms with E-state index in [1.165, 1.54) is 25.3 Å². The second kappa shape index (κ2) is 6.11. The van der Waals surface area contributed by atoms with Gasteiger partial charge in [-0.05, 0) is 29.8 Å². The van der Waals surface area contributed by atoms with Crippen molar-refractivity contribution in [3.63, 3.8) is 0 Å². The van der Waals surface area contributed by atoms with Crippen LogP contribution in [0.15, 0.2) is 36.4 Å². The van der Waals surface area contributed by atoms with Crippen molar-refractivity contribution in [2.45, 2.75) is 6.04 Å². The van der Waals surface area contributed by atoms with E-state index < -0.39 is 6.04 Å². The molecule has 0 bridgehead atoms. The molecule has 20 heavy (non-hydrogen) atoms. The van der Waals surface area contributed by atoms with E-state index >= 15 is 0 Å². The summed E-state index contributed by atoms with van der Waals surface area (Å²) in [5.41, 5.74) is 7.38. The van der Waals surface area contributed by atoms with Crippen LogP contribution in [0.3, 0.4) is 0 Å². The Morgan fingerprint density at radius 2 is 1.85 bits per heavy atom. The monoisotopic (exact) mass is 295 g/mol. The number of hydrogen-bond acceptors (Lipinski definition) is 3. The molecule has 0 amide bonds. The summed E-state index contributed by atoms with van der Waals surface area (Å²) in [6.07, 6.45) is 0. The predicted molar refractivity (Wildman–Crippen MR) is 77.0 cm³/mol. The van der Waals surface area contributed by atoms with Crippen LogP contribution in [-0.4, -0.2) is 14.2 Å². The van der Waals surface area contributed by atoms with E-state index in [1.807, 2.05) is 0 Å². The standard InChI is InChI=1S/C15H15ClFNO2/c1-19-13-5-3-4-10(15(13)20-2)14(18)11-8-9(17)6-7-12(11)16/h3-8,14H,18H2,1-2H3. The van der Waals surface area contributed by atoms with Gasteiger partial charge >= 0.3 is 0 Å². The van der Waals surface area contributed by atoms with Gasteiger partial charge < -0.3 is 15.2 Å². The minimum absolute atomic E-state index is 0.387. The number of hydrogen-bond donors (Lipinski definition) is 1. The molecule has 0 aliphatic heterocycles. The average molecular weight is 296 g/mol. The molecule has 0 saturated heterocycles.